The lowest BCUT2D eigenvalue weighted by Gasteiger charge is -2.07. The lowest BCUT2D eigenvalue weighted by atomic mass is 10.0. The quantitative estimate of drug-likeness (QED) is 0.396. The minimum absolute atomic E-state index is 0.00291. The van der Waals surface area contributed by atoms with Crippen molar-refractivity contribution < 1.29 is 4.92 Å². The van der Waals surface area contributed by atoms with Crippen molar-refractivity contribution in [3.8, 4) is 0 Å². The Hall–Kier alpha value is -3.27. The van der Waals surface area contributed by atoms with Crippen molar-refractivity contribution in [2.24, 2.45) is 4.99 Å². The molecule has 0 amide bonds. The number of aliphatic imine (C=N–C) groups is 1. The second-order valence-corrected chi connectivity index (χ2v) is 4.94. The number of benzene rings is 3. The summed E-state index contributed by atoms with van der Waals surface area (Å²) < 4.78 is 0. The number of rotatable bonds is 4. The van der Waals surface area contributed by atoms with E-state index in [1.807, 2.05) is 60.7 Å². The third kappa shape index (κ3) is 3.32. The first-order valence-electron chi connectivity index (χ1n) is 7.18. The smallest absolute Gasteiger partial charge is 0.258 e. The molecule has 4 nitrogen and oxygen atoms in total. The summed E-state index contributed by atoms with van der Waals surface area (Å²) in [4.78, 5) is 15.4. The van der Waals surface area contributed by atoms with E-state index in [9.17, 15) is 10.1 Å². The lowest BCUT2D eigenvalue weighted by molar-refractivity contribution is -0.384. The number of hydrogen-bond donors (Lipinski definition) is 0. The van der Waals surface area contributed by atoms with Gasteiger partial charge in [-0.25, -0.2) is 4.99 Å². The fraction of sp³-hybridized carbons (Fsp3) is 0. The summed E-state index contributed by atoms with van der Waals surface area (Å²) in [5.74, 6) is 0. The average molecular weight is 302 g/mol. The van der Waals surface area contributed by atoms with Gasteiger partial charge >= 0.3 is 0 Å². The Morgan fingerprint density at radius 2 is 1.22 bits per heavy atom. The zero-order chi connectivity index (χ0) is 16.1. The van der Waals surface area contributed by atoms with E-state index in [0.29, 0.717) is 11.4 Å². The predicted octanol–water partition coefficient (Wildman–Crippen LogP) is 4.76. The minimum atomic E-state index is -0.410. The highest BCUT2D eigenvalue weighted by Crippen LogP contribution is 2.28. The fourth-order valence-electron chi connectivity index (χ4n) is 2.32. The van der Waals surface area contributed by atoms with Crippen molar-refractivity contribution in [1.29, 1.82) is 0 Å². The van der Waals surface area contributed by atoms with Gasteiger partial charge in [0.1, 0.15) is 5.69 Å². The van der Waals surface area contributed by atoms with Crippen LogP contribution in [0.15, 0.2) is 89.9 Å². The molecule has 0 aliphatic carbocycles. The van der Waals surface area contributed by atoms with E-state index in [1.54, 1.807) is 18.2 Å². The summed E-state index contributed by atoms with van der Waals surface area (Å²) in [5, 5.41) is 11.2. The van der Waals surface area contributed by atoms with Gasteiger partial charge in [-0.2, -0.15) is 0 Å². The van der Waals surface area contributed by atoms with Crippen molar-refractivity contribution in [1.82, 2.24) is 0 Å². The molecule has 3 rings (SSSR count). The van der Waals surface area contributed by atoms with E-state index in [-0.39, 0.29) is 5.69 Å². The molecule has 0 bridgehead atoms. The van der Waals surface area contributed by atoms with Gasteiger partial charge in [0.2, 0.25) is 0 Å². The monoisotopic (exact) mass is 302 g/mol. The van der Waals surface area contributed by atoms with Crippen molar-refractivity contribution in [3.63, 3.8) is 0 Å². The van der Waals surface area contributed by atoms with Crippen LogP contribution in [0.25, 0.3) is 0 Å². The third-order valence-electron chi connectivity index (χ3n) is 3.41. The van der Waals surface area contributed by atoms with Gasteiger partial charge in [0.25, 0.3) is 5.69 Å². The third-order valence-corrected chi connectivity index (χ3v) is 3.41. The SMILES string of the molecule is O=[N+]([O-])c1ccccc1N=C(c1ccccc1)c1ccccc1. The summed E-state index contributed by atoms with van der Waals surface area (Å²) in [5.41, 5.74) is 2.88. The molecule has 23 heavy (non-hydrogen) atoms. The molecule has 112 valence electrons. The molecule has 0 radical (unpaired) electrons. The molecule has 0 unspecified atom stereocenters. The second kappa shape index (κ2) is 6.66. The van der Waals surface area contributed by atoms with Crippen molar-refractivity contribution in [2.75, 3.05) is 0 Å². The van der Waals surface area contributed by atoms with Crippen LogP contribution in [0.5, 0.6) is 0 Å². The van der Waals surface area contributed by atoms with E-state index in [4.69, 9.17) is 0 Å². The summed E-state index contributed by atoms with van der Waals surface area (Å²) in [6.07, 6.45) is 0. The van der Waals surface area contributed by atoms with Crippen molar-refractivity contribution >= 4 is 17.1 Å². The van der Waals surface area contributed by atoms with Crippen LogP contribution < -0.4 is 0 Å². The Balaban J connectivity index is 2.19. The Bertz CT molecular complexity index is 802. The minimum Gasteiger partial charge on any atom is -0.258 e. The molecular formula is C19H14N2O2. The lowest BCUT2D eigenvalue weighted by Crippen LogP contribution is -2.03. The van der Waals surface area contributed by atoms with Crippen LogP contribution in [0.4, 0.5) is 11.4 Å². The summed E-state index contributed by atoms with van der Waals surface area (Å²) in [7, 11) is 0. The Labute approximate surface area is 133 Å². The molecule has 0 aromatic heterocycles. The van der Waals surface area contributed by atoms with Gasteiger partial charge in [-0.15, -0.1) is 0 Å². The number of nitro groups is 1. The molecule has 0 aliphatic rings. The first-order valence-corrected chi connectivity index (χ1v) is 7.18. The van der Waals surface area contributed by atoms with Gasteiger partial charge in [0.05, 0.1) is 10.6 Å². The fourth-order valence-corrected chi connectivity index (χ4v) is 2.32. The highest BCUT2D eigenvalue weighted by molar-refractivity contribution is 6.14. The molecule has 0 aliphatic heterocycles. The predicted molar refractivity (Wildman–Crippen MR) is 91.3 cm³/mol. The van der Waals surface area contributed by atoms with Crippen LogP contribution in [0.3, 0.4) is 0 Å². The van der Waals surface area contributed by atoms with Gasteiger partial charge < -0.3 is 0 Å². The van der Waals surface area contributed by atoms with Gasteiger partial charge in [-0.1, -0.05) is 72.8 Å². The molecular weight excluding hydrogens is 288 g/mol. The van der Waals surface area contributed by atoms with E-state index in [1.165, 1.54) is 6.07 Å². The van der Waals surface area contributed by atoms with Gasteiger partial charge in [-0.3, -0.25) is 10.1 Å². The molecule has 0 heterocycles. The highest BCUT2D eigenvalue weighted by atomic mass is 16.6. The molecule has 3 aromatic carbocycles. The molecule has 0 saturated heterocycles. The van der Waals surface area contributed by atoms with Crippen molar-refractivity contribution in [3.05, 3.63) is 106 Å². The van der Waals surface area contributed by atoms with E-state index in [0.717, 1.165) is 11.1 Å². The second-order valence-electron chi connectivity index (χ2n) is 4.94. The molecule has 3 aromatic rings. The maximum absolute atomic E-state index is 11.2. The molecule has 0 N–H and O–H groups in total. The van der Waals surface area contributed by atoms with Crippen LogP contribution in [0.1, 0.15) is 11.1 Å². The number of nitro benzene ring substituents is 1. The van der Waals surface area contributed by atoms with E-state index < -0.39 is 4.92 Å². The van der Waals surface area contributed by atoms with Crippen LogP contribution in [0.2, 0.25) is 0 Å². The largest absolute Gasteiger partial charge is 0.294 e. The van der Waals surface area contributed by atoms with E-state index in [2.05, 4.69) is 4.99 Å². The standard InChI is InChI=1S/C19H14N2O2/c22-21(23)18-14-8-7-13-17(18)20-19(15-9-3-1-4-10-15)16-11-5-2-6-12-16/h1-14H. The Morgan fingerprint density at radius 1 is 0.739 bits per heavy atom. The first kappa shape index (κ1) is 14.7. The van der Waals surface area contributed by atoms with Gasteiger partial charge in [-0.05, 0) is 6.07 Å². The first-order chi connectivity index (χ1) is 11.3. The zero-order valence-electron chi connectivity index (χ0n) is 12.3. The molecule has 0 spiro atoms. The van der Waals surface area contributed by atoms with Crippen LogP contribution in [-0.4, -0.2) is 10.6 Å². The maximum atomic E-state index is 11.2. The summed E-state index contributed by atoms with van der Waals surface area (Å²) in [6, 6.07) is 25.8. The highest BCUT2D eigenvalue weighted by Gasteiger charge is 2.14. The number of para-hydroxylation sites is 2. The van der Waals surface area contributed by atoms with Crippen LogP contribution >= 0.6 is 0 Å². The Morgan fingerprint density at radius 3 is 1.74 bits per heavy atom. The number of nitrogens with zero attached hydrogens (tertiary/aromatic N) is 2. The van der Waals surface area contributed by atoms with Crippen LogP contribution in [0, 0.1) is 10.1 Å². The maximum Gasteiger partial charge on any atom is 0.294 e. The molecule has 4 heteroatoms. The normalized spacial score (nSPS) is 10.1. The zero-order valence-corrected chi connectivity index (χ0v) is 12.3. The van der Waals surface area contributed by atoms with Gasteiger partial charge in [0, 0.05) is 17.2 Å². The van der Waals surface area contributed by atoms with E-state index >= 15 is 0 Å². The summed E-state index contributed by atoms with van der Waals surface area (Å²) in [6.45, 7) is 0. The van der Waals surface area contributed by atoms with Crippen molar-refractivity contribution in [2.45, 2.75) is 0 Å². The molecule has 0 atom stereocenters. The van der Waals surface area contributed by atoms with Crippen LogP contribution in [-0.2, 0) is 0 Å². The molecule has 0 saturated carbocycles. The average Bonchev–Trinajstić information content (AvgIpc) is 2.61. The Kier molecular flexibility index (Phi) is 4.25. The topological polar surface area (TPSA) is 55.5 Å². The van der Waals surface area contributed by atoms with Gasteiger partial charge in [0.15, 0.2) is 0 Å². The molecule has 0 fully saturated rings. The summed E-state index contributed by atoms with van der Waals surface area (Å²) >= 11 is 0. The number of hydrogen-bond acceptors (Lipinski definition) is 3.